The average molecular weight is 565 g/mol. The van der Waals surface area contributed by atoms with Crippen molar-refractivity contribution in [2.45, 2.75) is 0 Å². The Morgan fingerprint density at radius 2 is 1.09 bits per heavy atom. The van der Waals surface area contributed by atoms with E-state index in [0.717, 1.165) is 0 Å². The lowest BCUT2D eigenvalue weighted by atomic mass is 10.1. The topological polar surface area (TPSA) is 9.86 Å². The third kappa shape index (κ3) is 3.17. The molecule has 0 aliphatic carbocycles. The number of hydrogen-bond donors (Lipinski definition) is 0. The summed E-state index contributed by atoms with van der Waals surface area (Å²) in [6, 6.07) is 53.4. The minimum Gasteiger partial charge on any atom is -0.309 e. The van der Waals surface area contributed by atoms with Gasteiger partial charge in [-0.1, -0.05) is 91.0 Å². The SMILES string of the molecule is c1ccc(-n2c3cc4c(cc3c3c5sc6ccccc6c5ccc32)c2ccccc2n4-c2ccc3ccccc3c2)cc1. The van der Waals surface area contributed by atoms with Gasteiger partial charge in [0.2, 0.25) is 0 Å². The molecule has 0 aliphatic heterocycles. The standard InChI is InChI=1S/C40H24N2S/c1-2-12-27(13-3-1)41-35-21-20-31-30-15-7-9-17-38(30)43-40(31)39(35)33-23-32-29-14-6-8-16-34(29)42(36(32)24-37(33)41)28-19-18-25-10-4-5-11-26(25)22-28/h1-24H. The predicted octanol–water partition coefficient (Wildman–Crippen LogP) is 11.4. The van der Waals surface area contributed by atoms with E-state index < -0.39 is 0 Å². The Bertz CT molecular complexity index is 2720. The maximum absolute atomic E-state index is 2.45. The van der Waals surface area contributed by atoms with Crippen molar-refractivity contribution in [3.8, 4) is 11.4 Å². The van der Waals surface area contributed by atoms with Crippen molar-refractivity contribution >= 4 is 85.9 Å². The maximum atomic E-state index is 2.45. The summed E-state index contributed by atoms with van der Waals surface area (Å²) in [5, 5.41) is 10.4. The van der Waals surface area contributed by atoms with Gasteiger partial charge in [-0.25, -0.2) is 0 Å². The molecule has 10 aromatic rings. The van der Waals surface area contributed by atoms with Crippen molar-refractivity contribution in [1.82, 2.24) is 9.13 Å². The quantitative estimate of drug-likeness (QED) is 0.198. The molecule has 200 valence electrons. The van der Waals surface area contributed by atoms with Crippen molar-refractivity contribution in [1.29, 1.82) is 0 Å². The van der Waals surface area contributed by atoms with Gasteiger partial charge in [0.15, 0.2) is 0 Å². The van der Waals surface area contributed by atoms with Gasteiger partial charge >= 0.3 is 0 Å². The van der Waals surface area contributed by atoms with Gasteiger partial charge in [-0.05, 0) is 65.4 Å². The number of thiophene rings is 1. The molecule has 3 aromatic heterocycles. The Morgan fingerprint density at radius 3 is 2.00 bits per heavy atom. The van der Waals surface area contributed by atoms with Crippen LogP contribution in [0.4, 0.5) is 0 Å². The highest BCUT2D eigenvalue weighted by atomic mass is 32.1. The molecule has 3 heteroatoms. The summed E-state index contributed by atoms with van der Waals surface area (Å²) in [5.41, 5.74) is 7.27. The number of hydrogen-bond acceptors (Lipinski definition) is 1. The molecule has 0 amide bonds. The van der Waals surface area contributed by atoms with Gasteiger partial charge in [0, 0.05) is 53.1 Å². The number of nitrogens with zero attached hydrogens (tertiary/aromatic N) is 2. The van der Waals surface area contributed by atoms with Gasteiger partial charge in [-0.15, -0.1) is 11.3 Å². The lowest BCUT2D eigenvalue weighted by molar-refractivity contribution is 1.17. The van der Waals surface area contributed by atoms with Crippen LogP contribution in [0.25, 0.3) is 85.9 Å². The highest BCUT2D eigenvalue weighted by Crippen LogP contribution is 2.45. The molecule has 0 radical (unpaired) electrons. The fourth-order valence-corrected chi connectivity index (χ4v) is 8.45. The van der Waals surface area contributed by atoms with Gasteiger partial charge < -0.3 is 9.13 Å². The minimum absolute atomic E-state index is 1.18. The maximum Gasteiger partial charge on any atom is 0.0562 e. The summed E-state index contributed by atoms with van der Waals surface area (Å²) in [5.74, 6) is 0. The summed E-state index contributed by atoms with van der Waals surface area (Å²) in [6.45, 7) is 0. The van der Waals surface area contributed by atoms with Crippen LogP contribution >= 0.6 is 11.3 Å². The molecule has 43 heavy (non-hydrogen) atoms. The lowest BCUT2D eigenvalue weighted by Crippen LogP contribution is -1.95. The molecule has 0 N–H and O–H groups in total. The van der Waals surface area contributed by atoms with Crippen molar-refractivity contribution in [2.75, 3.05) is 0 Å². The smallest absolute Gasteiger partial charge is 0.0562 e. The zero-order valence-electron chi connectivity index (χ0n) is 23.2. The van der Waals surface area contributed by atoms with E-state index in [4.69, 9.17) is 0 Å². The number of benzene rings is 7. The van der Waals surface area contributed by atoms with Gasteiger partial charge in [-0.3, -0.25) is 0 Å². The van der Waals surface area contributed by atoms with Crippen molar-refractivity contribution in [3.05, 3.63) is 146 Å². The first-order chi connectivity index (χ1) is 21.3. The summed E-state index contributed by atoms with van der Waals surface area (Å²) >= 11 is 1.91. The summed E-state index contributed by atoms with van der Waals surface area (Å²) in [7, 11) is 0. The van der Waals surface area contributed by atoms with Crippen LogP contribution in [0.3, 0.4) is 0 Å². The molecule has 7 aromatic carbocycles. The van der Waals surface area contributed by atoms with E-state index in [2.05, 4.69) is 155 Å². The third-order valence-electron chi connectivity index (χ3n) is 9.07. The number of rotatable bonds is 2. The molecule has 0 saturated heterocycles. The van der Waals surface area contributed by atoms with E-state index in [9.17, 15) is 0 Å². The fraction of sp³-hybridized carbons (Fsp3) is 0. The third-order valence-corrected chi connectivity index (χ3v) is 10.3. The molecule has 3 heterocycles. The highest BCUT2D eigenvalue weighted by molar-refractivity contribution is 7.26. The van der Waals surface area contributed by atoms with Crippen LogP contribution in [0, 0.1) is 0 Å². The molecule has 0 aliphatic rings. The van der Waals surface area contributed by atoms with E-state index in [1.165, 1.54) is 85.9 Å². The van der Waals surface area contributed by atoms with Crippen LogP contribution in [-0.2, 0) is 0 Å². The van der Waals surface area contributed by atoms with E-state index >= 15 is 0 Å². The molecule has 0 unspecified atom stereocenters. The Morgan fingerprint density at radius 1 is 0.372 bits per heavy atom. The molecule has 0 bridgehead atoms. The molecule has 0 fully saturated rings. The normalized spacial score (nSPS) is 12.2. The van der Waals surface area contributed by atoms with Crippen LogP contribution in [0.5, 0.6) is 0 Å². The van der Waals surface area contributed by atoms with E-state index in [-0.39, 0.29) is 0 Å². The van der Waals surface area contributed by atoms with Crippen LogP contribution in [-0.4, -0.2) is 9.13 Å². The summed E-state index contributed by atoms with van der Waals surface area (Å²) < 4.78 is 7.59. The van der Waals surface area contributed by atoms with Crippen molar-refractivity contribution in [2.24, 2.45) is 0 Å². The first-order valence-electron chi connectivity index (χ1n) is 14.7. The summed E-state index contributed by atoms with van der Waals surface area (Å²) in [6.07, 6.45) is 0. The Hall–Kier alpha value is -5.38. The number of para-hydroxylation sites is 2. The van der Waals surface area contributed by atoms with E-state index in [1.807, 2.05) is 11.3 Å². The minimum atomic E-state index is 1.18. The van der Waals surface area contributed by atoms with Gasteiger partial charge in [0.05, 0.1) is 22.1 Å². The Labute approximate surface area is 251 Å². The van der Waals surface area contributed by atoms with Crippen molar-refractivity contribution in [3.63, 3.8) is 0 Å². The second kappa shape index (κ2) is 8.57. The van der Waals surface area contributed by atoms with Crippen LogP contribution < -0.4 is 0 Å². The number of fused-ring (bicyclic) bond motifs is 11. The zero-order chi connectivity index (χ0) is 28.1. The van der Waals surface area contributed by atoms with E-state index in [0.29, 0.717) is 0 Å². The molecular formula is C40H24N2S. The largest absolute Gasteiger partial charge is 0.309 e. The average Bonchev–Trinajstić information content (AvgIpc) is 3.71. The molecule has 0 spiro atoms. The molecule has 0 saturated carbocycles. The van der Waals surface area contributed by atoms with Gasteiger partial charge in [0.25, 0.3) is 0 Å². The zero-order valence-corrected chi connectivity index (χ0v) is 24.0. The monoisotopic (exact) mass is 564 g/mol. The first kappa shape index (κ1) is 23.2. The van der Waals surface area contributed by atoms with E-state index in [1.54, 1.807) is 0 Å². The number of aromatic nitrogens is 2. The lowest BCUT2D eigenvalue weighted by Gasteiger charge is -2.11. The second-order valence-corrected chi connectivity index (χ2v) is 12.4. The fourth-order valence-electron chi connectivity index (χ4n) is 7.19. The molecule has 0 atom stereocenters. The Balaban J connectivity index is 1.41. The molecule has 10 rings (SSSR count). The molecular weight excluding hydrogens is 541 g/mol. The second-order valence-electron chi connectivity index (χ2n) is 11.4. The molecule has 2 nitrogen and oxygen atoms in total. The van der Waals surface area contributed by atoms with Crippen LogP contribution in [0.1, 0.15) is 0 Å². The van der Waals surface area contributed by atoms with Crippen LogP contribution in [0.15, 0.2) is 146 Å². The predicted molar refractivity (Wildman–Crippen MR) is 186 cm³/mol. The highest BCUT2D eigenvalue weighted by Gasteiger charge is 2.21. The van der Waals surface area contributed by atoms with Gasteiger partial charge in [0.1, 0.15) is 0 Å². The van der Waals surface area contributed by atoms with Crippen LogP contribution in [0.2, 0.25) is 0 Å². The van der Waals surface area contributed by atoms with Crippen molar-refractivity contribution < 1.29 is 0 Å². The first-order valence-corrected chi connectivity index (χ1v) is 15.5. The Kier molecular flexibility index (Phi) is 4.63. The van der Waals surface area contributed by atoms with Gasteiger partial charge in [-0.2, -0.15) is 0 Å². The summed E-state index contributed by atoms with van der Waals surface area (Å²) in [4.78, 5) is 0.